The lowest BCUT2D eigenvalue weighted by molar-refractivity contribution is -0.212. The van der Waals surface area contributed by atoms with Crippen molar-refractivity contribution in [1.29, 1.82) is 0 Å². The molecule has 0 spiro atoms. The number of ether oxygens (including phenoxy) is 1. The number of hydrogen-bond donors (Lipinski definition) is 4. The summed E-state index contributed by atoms with van der Waals surface area (Å²) in [5.74, 6) is -1.95. The van der Waals surface area contributed by atoms with Crippen LogP contribution in [0.2, 0.25) is 0 Å². The van der Waals surface area contributed by atoms with Crippen molar-refractivity contribution in [2.75, 3.05) is 25.8 Å². The van der Waals surface area contributed by atoms with Gasteiger partial charge in [0.15, 0.2) is 10.8 Å². The average molecular weight is 868 g/mol. The molecule has 14 nitrogen and oxygen atoms in total. The summed E-state index contributed by atoms with van der Waals surface area (Å²) in [5.41, 5.74) is -8.64. The van der Waals surface area contributed by atoms with Gasteiger partial charge < -0.3 is 29.7 Å². The van der Waals surface area contributed by atoms with Crippen LogP contribution in [-0.2, 0) is 46.4 Å². The highest BCUT2D eigenvalue weighted by molar-refractivity contribution is 8.13. The number of fused-ring (bicyclic) bond motifs is 5. The second-order valence-electron chi connectivity index (χ2n) is 15.8. The molecule has 0 bridgehead atoms. The van der Waals surface area contributed by atoms with Crippen LogP contribution in [-0.4, -0.2) is 88.0 Å². The number of carboxylic acid groups (broad SMARTS) is 1. The van der Waals surface area contributed by atoms with Crippen molar-refractivity contribution in [3.8, 4) is 11.8 Å². The molecule has 0 saturated heterocycles. The van der Waals surface area contributed by atoms with Gasteiger partial charge in [-0.3, -0.25) is 23.4 Å². The predicted octanol–water partition coefficient (Wildman–Crippen LogP) is 6.17. The SMILES string of the molecule is C[C@@H]1C[C@H]2[C@@H]3C[C@H](F)C4=CCC=C[C@]4(C)[C@@]3(F)[C@@H](OP(=O)(O)OP(=O)(O)OCCNC(=O)COC3C#CCCCCC3)C[C@]2(C)[C@]1(C(=O)SCF)C(C=O)C(=O)O. The van der Waals surface area contributed by atoms with Crippen molar-refractivity contribution in [2.45, 2.75) is 103 Å². The maximum absolute atomic E-state index is 18.6. The topological polar surface area (TPSA) is 212 Å². The van der Waals surface area contributed by atoms with E-state index in [-0.39, 0.29) is 49.6 Å². The minimum atomic E-state index is -5.86. The third kappa shape index (κ3) is 8.53. The van der Waals surface area contributed by atoms with E-state index in [1.807, 2.05) is 0 Å². The Hall–Kier alpha value is -2.32. The number of carboxylic acids is 1. The number of amides is 1. The van der Waals surface area contributed by atoms with Crippen molar-refractivity contribution in [2.24, 2.45) is 39.9 Å². The van der Waals surface area contributed by atoms with Crippen LogP contribution < -0.4 is 5.32 Å². The molecule has 3 saturated carbocycles. The fourth-order valence-corrected chi connectivity index (χ4v) is 13.7. The summed E-state index contributed by atoms with van der Waals surface area (Å²) in [6, 6.07) is -1.29. The minimum absolute atomic E-state index is 0.0218. The lowest BCUT2D eigenvalue weighted by atomic mass is 9.42. The molecular formula is C37H50F3NO13P2S. The third-order valence-corrected chi connectivity index (χ3v) is 16.3. The number of allylic oxidation sites excluding steroid dienone is 4. The van der Waals surface area contributed by atoms with Gasteiger partial charge in [-0.15, -0.1) is 5.92 Å². The van der Waals surface area contributed by atoms with Gasteiger partial charge in [0.05, 0.1) is 12.0 Å². The molecule has 0 aromatic rings. The van der Waals surface area contributed by atoms with E-state index in [4.69, 9.17) is 13.8 Å². The van der Waals surface area contributed by atoms with Crippen molar-refractivity contribution < 1.29 is 74.5 Å². The van der Waals surface area contributed by atoms with Gasteiger partial charge in [0.2, 0.25) is 5.91 Å². The molecule has 4 unspecified atom stereocenters. The highest BCUT2D eigenvalue weighted by atomic mass is 32.2. The summed E-state index contributed by atoms with van der Waals surface area (Å²) in [6.45, 7) is 2.82. The van der Waals surface area contributed by atoms with E-state index < -0.39 is 122 Å². The number of aldehydes is 1. The first-order valence-corrected chi connectivity index (χ1v) is 22.9. The van der Waals surface area contributed by atoms with Gasteiger partial charge in [-0.25, -0.2) is 22.3 Å². The number of hydrogen-bond acceptors (Lipinski definition) is 11. The van der Waals surface area contributed by atoms with Crippen LogP contribution in [0, 0.1) is 51.8 Å². The standard InChI is InChI=1S/C37H50F3NO13P2S/c1-23-17-26-27-18-29(39)25-13-9-10-14-34(25,2)37(27,40)30(19-35(26,3)36(23,33(46)57-22-38)28(20-42)32(44)45)53-56(49,50)54-55(47,48)52-16-15-41-31(43)21-51-24-11-7-5-4-6-8-12-24/h10,13-14,20,23-24,26-30H,4-7,9,11,15-19,21-22H2,1-3H3,(H,41,43)(H,44,45)(H,47,48)(H,49,50)/t23-,24?,26+,27+,28?,29+,30+,34+,35+,36+,37+/m1/s1. The Labute approximate surface area is 333 Å². The molecule has 5 rings (SSSR count). The number of carbonyl (C=O) groups is 4. The molecule has 3 fully saturated rings. The fraction of sp³-hybridized carbons (Fsp3) is 0.730. The van der Waals surface area contributed by atoms with Gasteiger partial charge >= 0.3 is 21.6 Å². The van der Waals surface area contributed by atoms with Gasteiger partial charge in [0.25, 0.3) is 0 Å². The quantitative estimate of drug-likeness (QED) is 0.0341. The Balaban J connectivity index is 1.40. The van der Waals surface area contributed by atoms with Gasteiger partial charge in [-0.05, 0) is 74.7 Å². The second kappa shape index (κ2) is 17.7. The summed E-state index contributed by atoms with van der Waals surface area (Å²) in [5, 5.41) is 11.7. The Morgan fingerprint density at radius 3 is 2.56 bits per heavy atom. The maximum atomic E-state index is 18.6. The third-order valence-electron chi connectivity index (χ3n) is 12.9. The Bertz CT molecular complexity index is 1810. The number of halogens is 3. The summed E-state index contributed by atoms with van der Waals surface area (Å²) in [6.07, 6.45) is 3.34. The zero-order chi connectivity index (χ0) is 42.0. The first-order chi connectivity index (χ1) is 26.7. The first-order valence-electron chi connectivity index (χ1n) is 18.9. The number of aliphatic carboxylic acids is 1. The monoisotopic (exact) mass is 867 g/mol. The number of phosphoric acid groups is 2. The summed E-state index contributed by atoms with van der Waals surface area (Å²) in [4.78, 5) is 73.0. The van der Waals surface area contributed by atoms with E-state index in [9.17, 15) is 47.6 Å². The van der Waals surface area contributed by atoms with Crippen molar-refractivity contribution in [3.05, 3.63) is 23.8 Å². The van der Waals surface area contributed by atoms with E-state index in [1.54, 1.807) is 6.08 Å². The Kier molecular flexibility index (Phi) is 14.2. The number of alkyl halides is 3. The van der Waals surface area contributed by atoms with Gasteiger partial charge in [0, 0.05) is 24.3 Å². The molecule has 0 aromatic carbocycles. The maximum Gasteiger partial charge on any atom is 0.481 e. The van der Waals surface area contributed by atoms with Crippen molar-refractivity contribution in [1.82, 2.24) is 5.32 Å². The number of rotatable bonds is 16. The van der Waals surface area contributed by atoms with Crippen LogP contribution >= 0.6 is 27.4 Å². The Morgan fingerprint density at radius 1 is 1.14 bits per heavy atom. The smallest absolute Gasteiger partial charge is 0.481 e. The van der Waals surface area contributed by atoms with Gasteiger partial charge in [-0.1, -0.05) is 56.2 Å². The molecule has 13 atom stereocenters. The number of thioether (sulfide) groups is 1. The predicted molar refractivity (Wildman–Crippen MR) is 200 cm³/mol. The number of nitrogens with one attached hydrogen (secondary N) is 1. The summed E-state index contributed by atoms with van der Waals surface area (Å²) in [7, 11) is -11.4. The first kappa shape index (κ1) is 45.8. The molecule has 0 aromatic heterocycles. The zero-order valence-corrected chi connectivity index (χ0v) is 34.5. The van der Waals surface area contributed by atoms with Crippen LogP contribution in [0.3, 0.4) is 0 Å². The molecule has 4 N–H and O–H groups in total. The molecule has 5 aliphatic carbocycles. The van der Waals surface area contributed by atoms with Crippen LogP contribution in [0.15, 0.2) is 23.8 Å². The van der Waals surface area contributed by atoms with Crippen molar-refractivity contribution >= 4 is 50.7 Å². The van der Waals surface area contributed by atoms with E-state index >= 15 is 8.78 Å². The molecule has 0 aliphatic heterocycles. The molecule has 0 radical (unpaired) electrons. The van der Waals surface area contributed by atoms with Gasteiger partial charge in [-0.2, -0.15) is 4.31 Å². The van der Waals surface area contributed by atoms with Gasteiger partial charge in [0.1, 0.15) is 43.2 Å². The molecule has 0 heterocycles. The highest BCUT2D eigenvalue weighted by Crippen LogP contribution is 2.77. The fourth-order valence-electron chi connectivity index (χ4n) is 10.6. The zero-order valence-electron chi connectivity index (χ0n) is 31.9. The highest BCUT2D eigenvalue weighted by Gasteiger charge is 2.79. The summed E-state index contributed by atoms with van der Waals surface area (Å²) >= 11 is 0.126. The van der Waals surface area contributed by atoms with Crippen molar-refractivity contribution in [3.63, 3.8) is 0 Å². The second-order valence-corrected chi connectivity index (χ2v) is 19.7. The number of phosphoric ester groups is 2. The summed E-state index contributed by atoms with van der Waals surface area (Å²) < 4.78 is 95.7. The Morgan fingerprint density at radius 2 is 1.88 bits per heavy atom. The molecule has 318 valence electrons. The van der Waals surface area contributed by atoms with Crippen LogP contribution in [0.4, 0.5) is 13.2 Å². The van der Waals surface area contributed by atoms with E-state index in [2.05, 4.69) is 21.5 Å². The largest absolute Gasteiger partial charge is 0.481 e. The minimum Gasteiger partial charge on any atom is -0.481 e. The average Bonchev–Trinajstić information content (AvgIpc) is 3.33. The molecule has 5 aliphatic rings. The van der Waals surface area contributed by atoms with E-state index in [1.165, 1.54) is 32.9 Å². The van der Waals surface area contributed by atoms with Crippen LogP contribution in [0.1, 0.15) is 78.6 Å². The van der Waals surface area contributed by atoms with Crippen LogP contribution in [0.5, 0.6) is 0 Å². The molecule has 57 heavy (non-hydrogen) atoms. The lowest BCUT2D eigenvalue weighted by Crippen LogP contribution is -2.70. The molecule has 20 heteroatoms. The lowest BCUT2D eigenvalue weighted by Gasteiger charge is -2.64. The van der Waals surface area contributed by atoms with E-state index in [0.717, 1.165) is 25.7 Å². The van der Waals surface area contributed by atoms with Crippen LogP contribution in [0.25, 0.3) is 0 Å². The normalized spacial score (nSPS) is 38.5. The molecular weight excluding hydrogens is 817 g/mol. The number of carbonyl (C=O) groups excluding carboxylic acids is 3. The van der Waals surface area contributed by atoms with E-state index in [0.29, 0.717) is 6.42 Å². The molecule has 1 amide bonds.